The normalized spacial score (nSPS) is 16.6. The van der Waals surface area contributed by atoms with Gasteiger partial charge >= 0.3 is 0 Å². The first kappa shape index (κ1) is 16.9. The van der Waals surface area contributed by atoms with E-state index in [1.54, 1.807) is 6.07 Å². The predicted octanol–water partition coefficient (Wildman–Crippen LogP) is 3.39. The van der Waals surface area contributed by atoms with Crippen LogP contribution in [0, 0.1) is 0 Å². The lowest BCUT2D eigenvalue weighted by atomic mass is 10.2. The number of halogens is 1. The zero-order chi connectivity index (χ0) is 16.8. The van der Waals surface area contributed by atoms with Crippen LogP contribution < -0.4 is 15.4 Å². The maximum Gasteiger partial charge on any atom is 0.233 e. The molecule has 1 aromatic heterocycles. The summed E-state index contributed by atoms with van der Waals surface area (Å²) in [5.41, 5.74) is 0. The lowest BCUT2D eigenvalue weighted by Gasteiger charge is -2.13. The number of benzene rings is 1. The average molecular weight is 365 g/mol. The van der Waals surface area contributed by atoms with Crippen molar-refractivity contribution in [2.24, 2.45) is 0 Å². The van der Waals surface area contributed by atoms with Crippen LogP contribution >= 0.6 is 23.8 Å². The van der Waals surface area contributed by atoms with Gasteiger partial charge in [-0.05, 0) is 37.2 Å². The van der Waals surface area contributed by atoms with Gasteiger partial charge < -0.3 is 20.1 Å². The van der Waals surface area contributed by atoms with Crippen LogP contribution in [0.4, 0.5) is 5.95 Å². The van der Waals surface area contributed by atoms with Crippen LogP contribution in [0.3, 0.4) is 0 Å². The van der Waals surface area contributed by atoms with E-state index in [2.05, 4.69) is 20.6 Å². The fourth-order valence-corrected chi connectivity index (χ4v) is 2.62. The minimum absolute atomic E-state index is 0.196. The summed E-state index contributed by atoms with van der Waals surface area (Å²) in [7, 11) is 0. The molecule has 1 fully saturated rings. The van der Waals surface area contributed by atoms with E-state index in [4.69, 9.17) is 33.3 Å². The topological polar surface area (TPSA) is 68.3 Å². The van der Waals surface area contributed by atoms with Crippen LogP contribution in [0.15, 0.2) is 36.4 Å². The lowest BCUT2D eigenvalue weighted by molar-refractivity contribution is 0.114. The lowest BCUT2D eigenvalue weighted by Crippen LogP contribution is -2.35. The Bertz CT molecular complexity index is 696. The largest absolute Gasteiger partial charge is 0.439 e. The molecule has 1 aromatic carbocycles. The van der Waals surface area contributed by atoms with E-state index < -0.39 is 0 Å². The molecule has 24 heavy (non-hydrogen) atoms. The Balaban J connectivity index is 1.59. The number of nitrogens with zero attached hydrogens (tertiary/aromatic N) is 2. The van der Waals surface area contributed by atoms with Crippen LogP contribution in [0.1, 0.15) is 12.8 Å². The van der Waals surface area contributed by atoms with Crippen molar-refractivity contribution in [1.82, 2.24) is 15.3 Å². The van der Waals surface area contributed by atoms with Crippen LogP contribution in [0.25, 0.3) is 0 Å². The second-order valence-corrected chi connectivity index (χ2v) is 6.03. The minimum atomic E-state index is 0.196. The van der Waals surface area contributed by atoms with Gasteiger partial charge in [0.1, 0.15) is 10.9 Å². The molecule has 2 aromatic rings. The SMILES string of the molecule is S=C(NC[C@@H]1CCCO1)Nc1nc(Cl)cc(Oc2ccccc2)n1. The molecule has 2 N–H and O–H groups in total. The Morgan fingerprint density at radius 2 is 2.17 bits per heavy atom. The fourth-order valence-electron chi connectivity index (χ4n) is 2.27. The Labute approximate surface area is 150 Å². The van der Waals surface area contributed by atoms with Gasteiger partial charge in [0.05, 0.1) is 6.10 Å². The van der Waals surface area contributed by atoms with E-state index in [9.17, 15) is 0 Å². The molecule has 0 amide bonds. The van der Waals surface area contributed by atoms with E-state index in [0.29, 0.717) is 23.3 Å². The first-order chi connectivity index (χ1) is 11.7. The third-order valence-electron chi connectivity index (χ3n) is 3.38. The maximum absolute atomic E-state index is 6.03. The van der Waals surface area contributed by atoms with Crippen molar-refractivity contribution >= 4 is 34.9 Å². The van der Waals surface area contributed by atoms with E-state index in [-0.39, 0.29) is 17.2 Å². The summed E-state index contributed by atoms with van der Waals surface area (Å²) in [4.78, 5) is 8.36. The van der Waals surface area contributed by atoms with Gasteiger partial charge in [-0.1, -0.05) is 29.8 Å². The molecule has 0 aliphatic carbocycles. The van der Waals surface area contributed by atoms with Crippen molar-refractivity contribution in [3.63, 3.8) is 0 Å². The van der Waals surface area contributed by atoms with Crippen molar-refractivity contribution in [3.8, 4) is 11.6 Å². The zero-order valence-electron chi connectivity index (χ0n) is 12.9. The number of nitrogens with one attached hydrogen (secondary N) is 2. The highest BCUT2D eigenvalue weighted by molar-refractivity contribution is 7.80. The van der Waals surface area contributed by atoms with E-state index in [1.807, 2.05) is 30.3 Å². The molecule has 8 heteroatoms. The molecule has 1 atom stereocenters. The third-order valence-corrected chi connectivity index (χ3v) is 3.82. The monoisotopic (exact) mass is 364 g/mol. The zero-order valence-corrected chi connectivity index (χ0v) is 14.4. The molecule has 2 heterocycles. The average Bonchev–Trinajstić information content (AvgIpc) is 3.07. The highest BCUT2D eigenvalue weighted by Crippen LogP contribution is 2.22. The van der Waals surface area contributed by atoms with E-state index >= 15 is 0 Å². The van der Waals surface area contributed by atoms with Gasteiger partial charge in [0.2, 0.25) is 11.8 Å². The smallest absolute Gasteiger partial charge is 0.233 e. The number of hydrogen-bond acceptors (Lipinski definition) is 5. The van der Waals surface area contributed by atoms with Crippen LogP contribution in [0.5, 0.6) is 11.6 Å². The first-order valence-electron chi connectivity index (χ1n) is 7.63. The van der Waals surface area contributed by atoms with E-state index in [1.165, 1.54) is 0 Å². The van der Waals surface area contributed by atoms with Crippen molar-refractivity contribution in [2.75, 3.05) is 18.5 Å². The molecule has 3 rings (SSSR count). The number of hydrogen-bond donors (Lipinski definition) is 2. The van der Waals surface area contributed by atoms with Gasteiger partial charge in [0.25, 0.3) is 0 Å². The molecule has 0 unspecified atom stereocenters. The molecular formula is C16H17ClN4O2S. The number of thiocarbonyl (C=S) groups is 1. The maximum atomic E-state index is 6.03. The van der Waals surface area contributed by atoms with Crippen molar-refractivity contribution in [3.05, 3.63) is 41.6 Å². The number of aromatic nitrogens is 2. The molecule has 6 nitrogen and oxygen atoms in total. The highest BCUT2D eigenvalue weighted by atomic mass is 35.5. The van der Waals surface area contributed by atoms with Crippen molar-refractivity contribution < 1.29 is 9.47 Å². The molecule has 0 bridgehead atoms. The molecule has 1 saturated heterocycles. The molecule has 0 saturated carbocycles. The highest BCUT2D eigenvalue weighted by Gasteiger charge is 2.15. The van der Waals surface area contributed by atoms with Gasteiger partial charge in [-0.2, -0.15) is 4.98 Å². The number of rotatable bonds is 5. The second-order valence-electron chi connectivity index (χ2n) is 5.24. The minimum Gasteiger partial charge on any atom is -0.439 e. The quantitative estimate of drug-likeness (QED) is 0.622. The Morgan fingerprint density at radius 3 is 2.92 bits per heavy atom. The van der Waals surface area contributed by atoms with Gasteiger partial charge in [-0.3, -0.25) is 0 Å². The first-order valence-corrected chi connectivity index (χ1v) is 8.41. The summed E-state index contributed by atoms with van der Waals surface area (Å²) >= 11 is 11.3. The summed E-state index contributed by atoms with van der Waals surface area (Å²) in [5, 5.41) is 6.68. The Morgan fingerprint density at radius 1 is 1.33 bits per heavy atom. The number of ether oxygens (including phenoxy) is 2. The van der Waals surface area contributed by atoms with Crippen molar-refractivity contribution in [1.29, 1.82) is 0 Å². The number of para-hydroxylation sites is 1. The fraction of sp³-hybridized carbons (Fsp3) is 0.312. The van der Waals surface area contributed by atoms with Crippen molar-refractivity contribution in [2.45, 2.75) is 18.9 Å². The molecule has 1 aliphatic rings. The summed E-state index contributed by atoms with van der Waals surface area (Å²) in [6.07, 6.45) is 2.32. The van der Waals surface area contributed by atoms with Gasteiger partial charge in [0, 0.05) is 19.2 Å². The van der Waals surface area contributed by atoms with E-state index in [0.717, 1.165) is 19.4 Å². The molecule has 0 radical (unpaired) electrons. The third kappa shape index (κ3) is 5.02. The standard InChI is InChI=1S/C16H17ClN4O2S/c17-13-9-14(23-11-5-2-1-3-6-11)20-15(19-13)21-16(24)18-10-12-7-4-8-22-12/h1-3,5-6,9,12H,4,7-8,10H2,(H2,18,19,20,21,24)/t12-/m0/s1. The summed E-state index contributed by atoms with van der Waals surface area (Å²) < 4.78 is 11.2. The van der Waals surface area contributed by atoms with Gasteiger partial charge in [0.15, 0.2) is 5.11 Å². The molecule has 0 spiro atoms. The Kier molecular flexibility index (Phi) is 5.79. The van der Waals surface area contributed by atoms with Gasteiger partial charge in [-0.25, -0.2) is 4.98 Å². The van der Waals surface area contributed by atoms with Crippen LogP contribution in [0.2, 0.25) is 5.15 Å². The second kappa shape index (κ2) is 8.23. The molecule has 126 valence electrons. The van der Waals surface area contributed by atoms with Crippen LogP contribution in [-0.2, 0) is 4.74 Å². The van der Waals surface area contributed by atoms with Crippen LogP contribution in [-0.4, -0.2) is 34.3 Å². The Hall–Kier alpha value is -1.96. The summed E-state index contributed by atoms with van der Waals surface area (Å²) in [5.74, 6) is 1.28. The molecule has 1 aliphatic heterocycles. The number of anilines is 1. The van der Waals surface area contributed by atoms with Gasteiger partial charge in [-0.15, -0.1) is 0 Å². The summed E-state index contributed by atoms with van der Waals surface area (Å²) in [6.45, 7) is 1.46. The predicted molar refractivity (Wildman–Crippen MR) is 96.8 cm³/mol. The molecular weight excluding hydrogens is 348 g/mol. The summed E-state index contributed by atoms with van der Waals surface area (Å²) in [6, 6.07) is 10.9.